The molecule has 0 aromatic heterocycles. The molecule has 0 spiro atoms. The summed E-state index contributed by atoms with van der Waals surface area (Å²) in [6.07, 6.45) is 0.281. The Hall–Kier alpha value is -3.83. The van der Waals surface area contributed by atoms with Gasteiger partial charge in [-0.05, 0) is 74.4 Å². The minimum Gasteiger partial charge on any atom is -0.486 e. The van der Waals surface area contributed by atoms with Gasteiger partial charge < -0.3 is 19.7 Å². The second kappa shape index (κ2) is 13.4. The zero-order chi connectivity index (χ0) is 30.4. The molecule has 0 bridgehead atoms. The van der Waals surface area contributed by atoms with E-state index in [0.29, 0.717) is 22.9 Å². The summed E-state index contributed by atoms with van der Waals surface area (Å²) >= 11 is 6.05. The van der Waals surface area contributed by atoms with E-state index < -0.39 is 34.3 Å². The molecule has 3 aromatic rings. The van der Waals surface area contributed by atoms with E-state index in [1.807, 2.05) is 13.8 Å². The van der Waals surface area contributed by atoms with Gasteiger partial charge in [0.05, 0.1) is 10.6 Å². The van der Waals surface area contributed by atoms with Crippen molar-refractivity contribution in [1.82, 2.24) is 10.2 Å². The summed E-state index contributed by atoms with van der Waals surface area (Å²) in [5.74, 6) is -0.893. The van der Waals surface area contributed by atoms with E-state index in [1.54, 1.807) is 31.2 Å². The van der Waals surface area contributed by atoms with Crippen molar-refractivity contribution >= 4 is 39.1 Å². The highest BCUT2D eigenvalue weighted by Gasteiger charge is 2.34. The Morgan fingerprint density at radius 3 is 2.24 bits per heavy atom. The van der Waals surface area contributed by atoms with Crippen LogP contribution >= 0.6 is 11.6 Å². The second-order valence-electron chi connectivity index (χ2n) is 10.0. The van der Waals surface area contributed by atoms with Gasteiger partial charge in [0, 0.05) is 23.7 Å². The molecule has 12 heteroatoms. The van der Waals surface area contributed by atoms with Crippen LogP contribution in [0.4, 0.5) is 10.1 Å². The van der Waals surface area contributed by atoms with E-state index in [4.69, 9.17) is 21.1 Å². The lowest BCUT2D eigenvalue weighted by atomic mass is 10.1. The van der Waals surface area contributed by atoms with Gasteiger partial charge in [-0.25, -0.2) is 12.8 Å². The number of carbonyl (C=O) groups is 2. The predicted molar refractivity (Wildman–Crippen MR) is 158 cm³/mol. The van der Waals surface area contributed by atoms with Gasteiger partial charge in [0.15, 0.2) is 11.5 Å². The number of hydrogen-bond acceptors (Lipinski definition) is 6. The van der Waals surface area contributed by atoms with Gasteiger partial charge >= 0.3 is 0 Å². The van der Waals surface area contributed by atoms with E-state index in [9.17, 15) is 22.4 Å². The Bertz CT molecular complexity index is 1520. The average Bonchev–Trinajstić information content (AvgIpc) is 2.96. The SMILES string of the molecule is CC[C@H](C(=O)NC(C)C)N(Cc1ccc(Cl)cc1)C(=O)CN(c1ccc(F)cc1)S(=O)(=O)c1ccc2c(c1)OCCO2. The first kappa shape index (κ1) is 31.1. The third-order valence-electron chi connectivity index (χ3n) is 6.58. The van der Waals surface area contributed by atoms with E-state index in [0.717, 1.165) is 16.4 Å². The fourth-order valence-corrected chi connectivity index (χ4v) is 6.09. The van der Waals surface area contributed by atoms with Crippen LogP contribution in [-0.2, 0) is 26.2 Å². The molecular weight excluding hydrogens is 585 g/mol. The molecule has 224 valence electrons. The van der Waals surface area contributed by atoms with Crippen molar-refractivity contribution < 1.29 is 31.9 Å². The van der Waals surface area contributed by atoms with Gasteiger partial charge in [-0.15, -0.1) is 0 Å². The van der Waals surface area contributed by atoms with Gasteiger partial charge in [0.25, 0.3) is 10.0 Å². The standard InChI is InChI=1S/C30H33ClFN3O6S/c1-4-26(30(37)33-20(2)3)34(18-21-5-7-22(31)8-6-21)29(36)19-35(24-11-9-23(32)10-12-24)42(38,39)25-13-14-27-28(17-25)41-16-15-40-27/h5-14,17,20,26H,4,15-16,18-19H2,1-3H3,(H,33,37)/t26-/m1/s1. The van der Waals surface area contributed by atoms with Gasteiger partial charge in [0.2, 0.25) is 11.8 Å². The minimum atomic E-state index is -4.37. The number of nitrogens with one attached hydrogen (secondary N) is 1. The number of rotatable bonds is 11. The van der Waals surface area contributed by atoms with Crippen molar-refractivity contribution in [2.75, 3.05) is 24.1 Å². The summed E-state index contributed by atoms with van der Waals surface area (Å²) in [7, 11) is -4.37. The molecule has 0 saturated heterocycles. The van der Waals surface area contributed by atoms with E-state index in [2.05, 4.69) is 5.32 Å². The van der Waals surface area contributed by atoms with Crippen LogP contribution in [0.5, 0.6) is 11.5 Å². The molecule has 1 atom stereocenters. The largest absolute Gasteiger partial charge is 0.486 e. The van der Waals surface area contributed by atoms with Crippen molar-refractivity contribution in [3.63, 3.8) is 0 Å². The first-order chi connectivity index (χ1) is 20.0. The molecule has 42 heavy (non-hydrogen) atoms. The highest BCUT2D eigenvalue weighted by molar-refractivity contribution is 7.92. The third kappa shape index (κ3) is 7.32. The van der Waals surface area contributed by atoms with Gasteiger partial charge in [-0.2, -0.15) is 0 Å². The molecule has 0 saturated carbocycles. The zero-order valence-corrected chi connectivity index (χ0v) is 25.1. The lowest BCUT2D eigenvalue weighted by Gasteiger charge is -2.33. The zero-order valence-electron chi connectivity index (χ0n) is 23.5. The Kier molecular flexibility index (Phi) is 9.95. The van der Waals surface area contributed by atoms with Crippen LogP contribution < -0.4 is 19.1 Å². The number of nitrogens with zero attached hydrogens (tertiary/aromatic N) is 2. The maximum absolute atomic E-state index is 14.1. The molecule has 1 heterocycles. The smallest absolute Gasteiger partial charge is 0.264 e. The van der Waals surface area contributed by atoms with Crippen LogP contribution in [0.1, 0.15) is 32.8 Å². The van der Waals surface area contributed by atoms with Crippen molar-refractivity contribution in [2.24, 2.45) is 0 Å². The number of sulfonamides is 1. The van der Waals surface area contributed by atoms with Crippen LogP contribution in [0.2, 0.25) is 5.02 Å². The normalized spacial score (nSPS) is 13.4. The lowest BCUT2D eigenvalue weighted by molar-refractivity contribution is -0.140. The summed E-state index contributed by atoms with van der Waals surface area (Å²) < 4.78 is 53.9. The van der Waals surface area contributed by atoms with E-state index in [1.165, 1.54) is 35.2 Å². The third-order valence-corrected chi connectivity index (χ3v) is 8.60. The molecular formula is C30H33ClFN3O6S. The van der Waals surface area contributed by atoms with Crippen LogP contribution in [0, 0.1) is 5.82 Å². The summed E-state index contributed by atoms with van der Waals surface area (Å²) in [5.41, 5.74) is 0.775. The van der Waals surface area contributed by atoms with Crippen LogP contribution in [0.15, 0.2) is 71.6 Å². The van der Waals surface area contributed by atoms with Gasteiger partial charge in [-0.3, -0.25) is 13.9 Å². The first-order valence-electron chi connectivity index (χ1n) is 13.5. The van der Waals surface area contributed by atoms with Crippen molar-refractivity contribution in [3.8, 4) is 11.5 Å². The molecule has 2 amide bonds. The average molecular weight is 618 g/mol. The summed E-state index contributed by atoms with van der Waals surface area (Å²) in [4.78, 5) is 28.5. The Labute approximate surface area is 250 Å². The highest BCUT2D eigenvalue weighted by atomic mass is 35.5. The Morgan fingerprint density at radius 2 is 1.62 bits per heavy atom. The number of anilines is 1. The molecule has 0 radical (unpaired) electrons. The van der Waals surface area contributed by atoms with Gasteiger partial charge in [0.1, 0.15) is 31.6 Å². The molecule has 1 N–H and O–H groups in total. The monoisotopic (exact) mass is 617 g/mol. The van der Waals surface area contributed by atoms with Crippen LogP contribution in [0.3, 0.4) is 0 Å². The van der Waals surface area contributed by atoms with Crippen molar-refractivity contribution in [1.29, 1.82) is 0 Å². The van der Waals surface area contributed by atoms with Gasteiger partial charge in [-0.1, -0.05) is 30.7 Å². The lowest BCUT2D eigenvalue weighted by Crippen LogP contribution is -2.53. The molecule has 0 fully saturated rings. The molecule has 0 unspecified atom stereocenters. The number of carbonyl (C=O) groups excluding carboxylic acids is 2. The summed E-state index contributed by atoms with van der Waals surface area (Å²) in [5, 5.41) is 3.36. The molecule has 9 nitrogen and oxygen atoms in total. The first-order valence-corrected chi connectivity index (χ1v) is 15.3. The maximum Gasteiger partial charge on any atom is 0.264 e. The number of amides is 2. The van der Waals surface area contributed by atoms with Crippen LogP contribution in [-0.4, -0.2) is 57.0 Å². The number of ether oxygens (including phenoxy) is 2. The van der Waals surface area contributed by atoms with Crippen LogP contribution in [0.25, 0.3) is 0 Å². The Balaban J connectivity index is 1.74. The van der Waals surface area contributed by atoms with E-state index in [-0.39, 0.29) is 47.9 Å². The number of halogens is 2. The second-order valence-corrected chi connectivity index (χ2v) is 12.3. The Morgan fingerprint density at radius 1 is 0.976 bits per heavy atom. The molecule has 1 aliphatic heterocycles. The maximum atomic E-state index is 14.1. The van der Waals surface area contributed by atoms with E-state index >= 15 is 0 Å². The molecule has 0 aliphatic carbocycles. The van der Waals surface area contributed by atoms with Crippen molar-refractivity contribution in [3.05, 3.63) is 83.1 Å². The molecule has 1 aliphatic rings. The minimum absolute atomic E-state index is 0.0291. The predicted octanol–water partition coefficient (Wildman–Crippen LogP) is 4.78. The highest BCUT2D eigenvalue weighted by Crippen LogP contribution is 2.34. The molecule has 4 rings (SSSR count). The summed E-state index contributed by atoms with van der Waals surface area (Å²) in [6.45, 7) is 5.37. The number of benzene rings is 3. The van der Waals surface area contributed by atoms with Crippen molar-refractivity contribution in [2.45, 2.75) is 50.7 Å². The quantitative estimate of drug-likeness (QED) is 0.332. The number of hydrogen-bond donors (Lipinski definition) is 1. The number of fused-ring (bicyclic) bond motifs is 1. The fourth-order valence-electron chi connectivity index (χ4n) is 4.53. The summed E-state index contributed by atoms with van der Waals surface area (Å²) in [6, 6.07) is 14.7. The topological polar surface area (TPSA) is 105 Å². The molecule has 3 aromatic carbocycles. The fraction of sp³-hybridized carbons (Fsp3) is 0.333.